The van der Waals surface area contributed by atoms with Gasteiger partial charge in [0.15, 0.2) is 0 Å². The van der Waals surface area contributed by atoms with Crippen LogP contribution in [-0.4, -0.2) is 26.0 Å². The van der Waals surface area contributed by atoms with Crippen LogP contribution in [0.3, 0.4) is 0 Å². The summed E-state index contributed by atoms with van der Waals surface area (Å²) in [5.74, 6) is -0.222. The predicted octanol–water partition coefficient (Wildman–Crippen LogP) is 0.797. The first-order valence-corrected chi connectivity index (χ1v) is 3.92. The standard InChI is InChI=1S/C8H12N4O/c1-5-6(13)7-9-11-12(10-7)8(2,3)4/h5H,1H2,2-4H3. The summed E-state index contributed by atoms with van der Waals surface area (Å²) < 4.78 is 0. The summed E-state index contributed by atoms with van der Waals surface area (Å²) in [4.78, 5) is 12.5. The van der Waals surface area contributed by atoms with Crippen molar-refractivity contribution in [3.05, 3.63) is 18.5 Å². The second-order valence-electron chi connectivity index (χ2n) is 3.64. The Morgan fingerprint density at radius 1 is 1.54 bits per heavy atom. The Kier molecular flexibility index (Phi) is 2.27. The van der Waals surface area contributed by atoms with Crippen LogP contribution < -0.4 is 0 Å². The summed E-state index contributed by atoms with van der Waals surface area (Å²) in [5.41, 5.74) is -0.257. The van der Waals surface area contributed by atoms with Crippen LogP contribution in [0.5, 0.6) is 0 Å². The third kappa shape index (κ3) is 1.99. The molecule has 1 heterocycles. The quantitative estimate of drug-likeness (QED) is 0.499. The molecular formula is C8H12N4O. The van der Waals surface area contributed by atoms with Crippen molar-refractivity contribution in [2.75, 3.05) is 0 Å². The monoisotopic (exact) mass is 180 g/mol. The second-order valence-corrected chi connectivity index (χ2v) is 3.64. The lowest BCUT2D eigenvalue weighted by Crippen LogP contribution is -2.24. The van der Waals surface area contributed by atoms with Gasteiger partial charge < -0.3 is 0 Å². The minimum Gasteiger partial charge on any atom is -0.286 e. The number of hydrogen-bond donors (Lipinski definition) is 0. The lowest BCUT2D eigenvalue weighted by molar-refractivity contribution is 0.103. The fourth-order valence-electron chi connectivity index (χ4n) is 0.688. The van der Waals surface area contributed by atoms with E-state index in [9.17, 15) is 4.79 Å². The molecule has 0 amide bonds. The van der Waals surface area contributed by atoms with Gasteiger partial charge in [-0.2, -0.15) is 4.80 Å². The van der Waals surface area contributed by atoms with E-state index in [1.165, 1.54) is 10.9 Å². The van der Waals surface area contributed by atoms with E-state index < -0.39 is 0 Å². The molecule has 0 bridgehead atoms. The zero-order valence-corrected chi connectivity index (χ0v) is 7.98. The third-order valence-corrected chi connectivity index (χ3v) is 1.42. The van der Waals surface area contributed by atoms with Gasteiger partial charge in [-0.25, -0.2) is 0 Å². The molecule has 0 aliphatic heterocycles. The minimum atomic E-state index is -0.310. The second kappa shape index (κ2) is 3.08. The Bertz CT molecular complexity index is 334. The fraction of sp³-hybridized carbons (Fsp3) is 0.500. The average molecular weight is 180 g/mol. The minimum absolute atomic E-state index is 0.0879. The van der Waals surface area contributed by atoms with Crippen molar-refractivity contribution in [2.24, 2.45) is 0 Å². The van der Waals surface area contributed by atoms with E-state index in [1.54, 1.807) is 0 Å². The molecule has 0 saturated carbocycles. The molecule has 1 aromatic heterocycles. The highest BCUT2D eigenvalue weighted by atomic mass is 16.1. The molecule has 13 heavy (non-hydrogen) atoms. The van der Waals surface area contributed by atoms with E-state index in [1.807, 2.05) is 20.8 Å². The Hall–Kier alpha value is -1.52. The number of tetrazole rings is 1. The largest absolute Gasteiger partial charge is 0.286 e. The first-order chi connectivity index (χ1) is 5.95. The lowest BCUT2D eigenvalue weighted by Gasteiger charge is -2.15. The van der Waals surface area contributed by atoms with E-state index in [2.05, 4.69) is 22.0 Å². The van der Waals surface area contributed by atoms with Crippen LogP contribution in [0.2, 0.25) is 0 Å². The van der Waals surface area contributed by atoms with Crippen LogP contribution in [0.15, 0.2) is 12.7 Å². The Balaban J connectivity index is 3.00. The van der Waals surface area contributed by atoms with Gasteiger partial charge in [0, 0.05) is 0 Å². The van der Waals surface area contributed by atoms with Crippen molar-refractivity contribution >= 4 is 5.78 Å². The Morgan fingerprint density at radius 3 is 2.54 bits per heavy atom. The molecule has 1 rings (SSSR count). The van der Waals surface area contributed by atoms with Gasteiger partial charge in [-0.05, 0) is 32.1 Å². The van der Waals surface area contributed by atoms with E-state index in [4.69, 9.17) is 0 Å². The number of carbonyl (C=O) groups is 1. The van der Waals surface area contributed by atoms with Crippen LogP contribution >= 0.6 is 0 Å². The molecular weight excluding hydrogens is 168 g/mol. The van der Waals surface area contributed by atoms with Gasteiger partial charge in [0.1, 0.15) is 0 Å². The van der Waals surface area contributed by atoms with Crippen LogP contribution in [0, 0.1) is 0 Å². The summed E-state index contributed by atoms with van der Waals surface area (Å²) in [7, 11) is 0. The van der Waals surface area contributed by atoms with Crippen LogP contribution in [0.25, 0.3) is 0 Å². The Labute approximate surface area is 76.4 Å². The highest BCUT2D eigenvalue weighted by Crippen LogP contribution is 2.09. The summed E-state index contributed by atoms with van der Waals surface area (Å²) >= 11 is 0. The van der Waals surface area contributed by atoms with Crippen molar-refractivity contribution in [3.63, 3.8) is 0 Å². The lowest BCUT2D eigenvalue weighted by atomic mass is 10.1. The number of ketones is 1. The van der Waals surface area contributed by atoms with E-state index in [-0.39, 0.29) is 17.1 Å². The van der Waals surface area contributed by atoms with Gasteiger partial charge >= 0.3 is 0 Å². The number of hydrogen-bond acceptors (Lipinski definition) is 4. The van der Waals surface area contributed by atoms with Crippen molar-refractivity contribution in [2.45, 2.75) is 26.3 Å². The smallest absolute Gasteiger partial charge is 0.244 e. The first-order valence-electron chi connectivity index (χ1n) is 3.92. The van der Waals surface area contributed by atoms with Crippen molar-refractivity contribution in [3.8, 4) is 0 Å². The van der Waals surface area contributed by atoms with Gasteiger partial charge in [-0.15, -0.1) is 10.2 Å². The number of aromatic nitrogens is 4. The maximum Gasteiger partial charge on any atom is 0.244 e. The third-order valence-electron chi connectivity index (χ3n) is 1.42. The molecule has 1 aromatic rings. The van der Waals surface area contributed by atoms with Crippen molar-refractivity contribution < 1.29 is 4.79 Å². The molecule has 70 valence electrons. The topological polar surface area (TPSA) is 60.7 Å². The molecule has 0 N–H and O–H groups in total. The van der Waals surface area contributed by atoms with Gasteiger partial charge in [0.2, 0.25) is 11.6 Å². The molecule has 0 saturated heterocycles. The molecule has 0 fully saturated rings. The highest BCUT2D eigenvalue weighted by molar-refractivity contribution is 6.00. The summed E-state index contributed by atoms with van der Waals surface area (Å²) in [6, 6.07) is 0. The molecule has 0 atom stereocenters. The van der Waals surface area contributed by atoms with Crippen molar-refractivity contribution in [1.29, 1.82) is 0 Å². The molecule has 5 nitrogen and oxygen atoms in total. The number of carbonyl (C=O) groups excluding carboxylic acids is 1. The normalized spacial score (nSPS) is 11.3. The SMILES string of the molecule is C=CC(=O)c1nnn(C(C)(C)C)n1. The summed E-state index contributed by atoms with van der Waals surface area (Å²) in [5, 5.41) is 11.3. The van der Waals surface area contributed by atoms with Crippen LogP contribution in [-0.2, 0) is 5.54 Å². The summed E-state index contributed by atoms with van der Waals surface area (Å²) in [6.45, 7) is 9.12. The fourth-order valence-corrected chi connectivity index (χ4v) is 0.688. The van der Waals surface area contributed by atoms with Gasteiger partial charge in [-0.1, -0.05) is 6.58 Å². The molecule has 0 aliphatic rings. The maximum absolute atomic E-state index is 11.1. The van der Waals surface area contributed by atoms with E-state index in [0.29, 0.717) is 0 Å². The summed E-state index contributed by atoms with van der Waals surface area (Å²) in [6.07, 6.45) is 1.17. The number of rotatable bonds is 2. The van der Waals surface area contributed by atoms with Crippen LogP contribution in [0.4, 0.5) is 0 Å². The van der Waals surface area contributed by atoms with Gasteiger partial charge in [0.25, 0.3) is 0 Å². The first kappa shape index (κ1) is 9.57. The van der Waals surface area contributed by atoms with Crippen LogP contribution in [0.1, 0.15) is 31.4 Å². The molecule has 0 unspecified atom stereocenters. The molecule has 0 aromatic carbocycles. The van der Waals surface area contributed by atoms with Gasteiger partial charge in [0.05, 0.1) is 5.54 Å². The zero-order chi connectivity index (χ0) is 10.1. The number of allylic oxidation sites excluding steroid dienone is 1. The Morgan fingerprint density at radius 2 is 2.15 bits per heavy atom. The highest BCUT2D eigenvalue weighted by Gasteiger charge is 2.18. The molecule has 0 spiro atoms. The van der Waals surface area contributed by atoms with Gasteiger partial charge in [-0.3, -0.25) is 4.79 Å². The molecule has 0 radical (unpaired) electrons. The number of nitrogens with zero attached hydrogens (tertiary/aromatic N) is 4. The zero-order valence-electron chi connectivity index (χ0n) is 7.98. The maximum atomic E-state index is 11.1. The van der Waals surface area contributed by atoms with E-state index >= 15 is 0 Å². The van der Waals surface area contributed by atoms with E-state index in [0.717, 1.165) is 0 Å². The molecule has 0 aliphatic carbocycles. The van der Waals surface area contributed by atoms with Crippen molar-refractivity contribution in [1.82, 2.24) is 20.2 Å². The predicted molar refractivity (Wildman–Crippen MR) is 47.3 cm³/mol. The molecule has 5 heteroatoms. The average Bonchev–Trinajstić information content (AvgIpc) is 2.50.